The van der Waals surface area contributed by atoms with Crippen molar-refractivity contribution < 1.29 is 27.9 Å². The van der Waals surface area contributed by atoms with E-state index in [1.54, 1.807) is 30.6 Å². The van der Waals surface area contributed by atoms with Crippen molar-refractivity contribution in [3.8, 4) is 11.1 Å². The van der Waals surface area contributed by atoms with Crippen LogP contribution in [0.4, 0.5) is 23.7 Å². The van der Waals surface area contributed by atoms with Gasteiger partial charge in [-0.3, -0.25) is 4.98 Å². The minimum Gasteiger partial charge on any atom is -0.476 e. The van der Waals surface area contributed by atoms with E-state index in [1.807, 2.05) is 25.1 Å². The van der Waals surface area contributed by atoms with E-state index >= 15 is 0 Å². The van der Waals surface area contributed by atoms with Crippen LogP contribution in [0.15, 0.2) is 55.0 Å². The first kappa shape index (κ1) is 23.8. The summed E-state index contributed by atoms with van der Waals surface area (Å²) in [5.41, 5.74) is 1.15. The SMILES string of the molecule is CN(C)Cc1cncc(-c2ccc3c(c2)c(C(=O)O)nn3C(=O)Nc2ccc(C(F)(F)F)nc2)c1. The van der Waals surface area contributed by atoms with Gasteiger partial charge in [0.25, 0.3) is 0 Å². The summed E-state index contributed by atoms with van der Waals surface area (Å²) in [6.45, 7) is 0.667. The Bertz CT molecular complexity index is 1410. The van der Waals surface area contributed by atoms with Gasteiger partial charge in [0.2, 0.25) is 0 Å². The lowest BCUT2D eigenvalue weighted by Gasteiger charge is -2.11. The standard InChI is InChI=1S/C23H19F3N6O3/c1-31(2)12-13-7-15(10-27-9-13)14-3-5-18-17(8-14)20(21(33)34)30-32(18)22(35)29-16-4-6-19(28-11-16)23(24,25)26/h3-11H,12H2,1-2H3,(H,29,35)(H,33,34). The van der Waals surface area contributed by atoms with Crippen LogP contribution in [-0.4, -0.2) is 55.9 Å². The summed E-state index contributed by atoms with van der Waals surface area (Å²) < 4.78 is 39.0. The zero-order valence-electron chi connectivity index (χ0n) is 18.5. The van der Waals surface area contributed by atoms with Gasteiger partial charge in [-0.05, 0) is 55.6 Å². The van der Waals surface area contributed by atoms with Crippen LogP contribution in [0.5, 0.6) is 0 Å². The number of anilines is 1. The smallest absolute Gasteiger partial charge is 0.433 e. The van der Waals surface area contributed by atoms with Gasteiger partial charge in [-0.25, -0.2) is 14.6 Å². The van der Waals surface area contributed by atoms with Crippen LogP contribution in [0.25, 0.3) is 22.0 Å². The number of amides is 1. The van der Waals surface area contributed by atoms with E-state index in [9.17, 15) is 27.9 Å². The van der Waals surface area contributed by atoms with Gasteiger partial charge in [-0.15, -0.1) is 0 Å². The lowest BCUT2D eigenvalue weighted by atomic mass is 10.0. The number of fused-ring (bicyclic) bond motifs is 1. The zero-order chi connectivity index (χ0) is 25.3. The fraction of sp³-hybridized carbons (Fsp3) is 0.174. The molecule has 0 aliphatic carbocycles. The van der Waals surface area contributed by atoms with E-state index in [2.05, 4.69) is 20.4 Å². The number of carboxylic acid groups (broad SMARTS) is 1. The van der Waals surface area contributed by atoms with Crippen molar-refractivity contribution in [2.24, 2.45) is 0 Å². The maximum atomic E-state index is 12.8. The van der Waals surface area contributed by atoms with Gasteiger partial charge in [0.1, 0.15) is 5.69 Å². The number of alkyl halides is 3. The average molecular weight is 484 g/mol. The molecule has 180 valence electrons. The Labute approximate surface area is 196 Å². The van der Waals surface area contributed by atoms with E-state index in [0.717, 1.165) is 34.1 Å². The van der Waals surface area contributed by atoms with E-state index < -0.39 is 23.9 Å². The highest BCUT2D eigenvalue weighted by atomic mass is 19.4. The predicted molar refractivity (Wildman–Crippen MR) is 121 cm³/mol. The predicted octanol–water partition coefficient (Wildman–Crippen LogP) is 4.35. The molecular weight excluding hydrogens is 465 g/mol. The molecule has 0 radical (unpaired) electrons. The molecule has 0 saturated heterocycles. The number of carbonyl (C=O) groups excluding carboxylic acids is 1. The number of halogens is 3. The Balaban J connectivity index is 1.68. The molecule has 12 heteroatoms. The number of carboxylic acids is 1. The molecule has 9 nitrogen and oxygen atoms in total. The molecule has 1 aromatic carbocycles. The molecule has 0 spiro atoms. The topological polar surface area (TPSA) is 113 Å². The number of rotatable bonds is 5. The van der Waals surface area contributed by atoms with Crippen molar-refractivity contribution in [3.63, 3.8) is 0 Å². The monoisotopic (exact) mass is 484 g/mol. The maximum Gasteiger partial charge on any atom is 0.433 e. The number of nitrogens with one attached hydrogen (secondary N) is 1. The number of carbonyl (C=O) groups is 2. The Morgan fingerprint density at radius 1 is 1.06 bits per heavy atom. The molecule has 0 aliphatic heterocycles. The Kier molecular flexibility index (Phi) is 6.22. The lowest BCUT2D eigenvalue weighted by molar-refractivity contribution is -0.141. The second kappa shape index (κ2) is 9.14. The third-order valence-electron chi connectivity index (χ3n) is 5.01. The quantitative estimate of drug-likeness (QED) is 0.433. The Morgan fingerprint density at radius 2 is 1.83 bits per heavy atom. The van der Waals surface area contributed by atoms with E-state index in [-0.39, 0.29) is 22.3 Å². The summed E-state index contributed by atoms with van der Waals surface area (Å²) in [7, 11) is 3.86. The van der Waals surface area contributed by atoms with Crippen molar-refractivity contribution in [2.45, 2.75) is 12.7 Å². The molecule has 0 saturated carbocycles. The van der Waals surface area contributed by atoms with E-state index in [4.69, 9.17) is 0 Å². The van der Waals surface area contributed by atoms with Crippen LogP contribution in [-0.2, 0) is 12.7 Å². The van der Waals surface area contributed by atoms with Gasteiger partial charge in [0, 0.05) is 29.9 Å². The third-order valence-corrected chi connectivity index (χ3v) is 5.01. The maximum absolute atomic E-state index is 12.8. The van der Waals surface area contributed by atoms with Crippen LogP contribution in [0, 0.1) is 0 Å². The third kappa shape index (κ3) is 5.11. The highest BCUT2D eigenvalue weighted by Gasteiger charge is 2.32. The number of hydrogen-bond donors (Lipinski definition) is 2. The summed E-state index contributed by atoms with van der Waals surface area (Å²) in [5, 5.41) is 16.1. The van der Waals surface area contributed by atoms with Crippen LogP contribution in [0.3, 0.4) is 0 Å². The van der Waals surface area contributed by atoms with Crippen LogP contribution < -0.4 is 5.32 Å². The van der Waals surface area contributed by atoms with E-state index in [0.29, 0.717) is 12.1 Å². The van der Waals surface area contributed by atoms with Crippen molar-refractivity contribution in [1.82, 2.24) is 24.6 Å². The van der Waals surface area contributed by atoms with Gasteiger partial charge in [-0.2, -0.15) is 23.0 Å². The fourth-order valence-corrected chi connectivity index (χ4v) is 3.52. The van der Waals surface area contributed by atoms with Crippen LogP contribution >= 0.6 is 0 Å². The molecule has 0 atom stereocenters. The second-order valence-electron chi connectivity index (χ2n) is 7.98. The van der Waals surface area contributed by atoms with Crippen LogP contribution in [0.2, 0.25) is 0 Å². The first-order valence-electron chi connectivity index (χ1n) is 10.2. The lowest BCUT2D eigenvalue weighted by Crippen LogP contribution is -2.21. The van der Waals surface area contributed by atoms with Gasteiger partial charge in [0.15, 0.2) is 5.69 Å². The molecular formula is C23H19F3N6O3. The average Bonchev–Trinajstić information content (AvgIpc) is 3.18. The number of aromatic nitrogens is 4. The highest BCUT2D eigenvalue weighted by molar-refractivity contribution is 6.06. The molecule has 1 amide bonds. The van der Waals surface area contributed by atoms with Crippen molar-refractivity contribution in [2.75, 3.05) is 19.4 Å². The minimum absolute atomic E-state index is 0.0103. The molecule has 4 aromatic rings. The number of pyridine rings is 2. The molecule has 3 aromatic heterocycles. The Morgan fingerprint density at radius 3 is 2.46 bits per heavy atom. The number of aromatic carboxylic acids is 1. The van der Waals surface area contributed by atoms with Gasteiger partial charge in [0.05, 0.1) is 17.4 Å². The highest BCUT2D eigenvalue weighted by Crippen LogP contribution is 2.29. The molecule has 4 rings (SSSR count). The summed E-state index contributed by atoms with van der Waals surface area (Å²) in [4.78, 5) is 34.1. The Hall–Kier alpha value is -4.32. The van der Waals surface area contributed by atoms with Gasteiger partial charge >= 0.3 is 18.2 Å². The molecule has 0 bridgehead atoms. The minimum atomic E-state index is -4.61. The summed E-state index contributed by atoms with van der Waals surface area (Å²) >= 11 is 0. The molecule has 35 heavy (non-hydrogen) atoms. The van der Waals surface area contributed by atoms with Gasteiger partial charge in [-0.1, -0.05) is 6.07 Å². The first-order chi connectivity index (χ1) is 16.5. The molecule has 0 unspecified atom stereocenters. The van der Waals surface area contributed by atoms with Crippen LogP contribution in [0.1, 0.15) is 21.7 Å². The molecule has 0 aliphatic rings. The van der Waals surface area contributed by atoms with Gasteiger partial charge < -0.3 is 15.3 Å². The summed E-state index contributed by atoms with van der Waals surface area (Å²) in [6.07, 6.45) is -0.370. The number of benzene rings is 1. The van der Waals surface area contributed by atoms with Crippen molar-refractivity contribution in [3.05, 3.63) is 71.9 Å². The second-order valence-corrected chi connectivity index (χ2v) is 7.98. The van der Waals surface area contributed by atoms with Crippen molar-refractivity contribution in [1.29, 1.82) is 0 Å². The normalized spacial score (nSPS) is 11.7. The molecule has 2 N–H and O–H groups in total. The van der Waals surface area contributed by atoms with Crippen molar-refractivity contribution >= 4 is 28.6 Å². The number of hydrogen-bond acceptors (Lipinski definition) is 6. The molecule has 0 fully saturated rings. The molecule has 3 heterocycles. The van der Waals surface area contributed by atoms with E-state index in [1.165, 1.54) is 0 Å². The summed E-state index contributed by atoms with van der Waals surface area (Å²) in [6, 6.07) is 7.71. The largest absolute Gasteiger partial charge is 0.476 e. The summed E-state index contributed by atoms with van der Waals surface area (Å²) in [5.74, 6) is -1.34. The zero-order valence-corrected chi connectivity index (χ0v) is 18.5. The number of nitrogens with zero attached hydrogens (tertiary/aromatic N) is 5. The fourth-order valence-electron chi connectivity index (χ4n) is 3.52. The first-order valence-corrected chi connectivity index (χ1v) is 10.2.